The van der Waals surface area contributed by atoms with Gasteiger partial charge in [0.05, 0.1) is 6.04 Å². The molecule has 2 rings (SSSR count). The van der Waals surface area contributed by atoms with Crippen LogP contribution in [-0.2, 0) is 11.2 Å². The zero-order valence-electron chi connectivity index (χ0n) is 12.6. The Bertz CT molecular complexity index is 609. The SMILES string of the molecule is CCCC[C@@H](Cc1ccc2ccccc2c1)C(N)C(N)=O. The minimum atomic E-state index is -0.567. The predicted octanol–water partition coefficient (Wildman–Crippen LogP) is 3.00. The van der Waals surface area contributed by atoms with Gasteiger partial charge in [-0.1, -0.05) is 62.2 Å². The molecule has 0 fully saturated rings. The maximum absolute atomic E-state index is 11.4. The number of fused-ring (bicyclic) bond motifs is 1. The van der Waals surface area contributed by atoms with Crippen LogP contribution in [0.5, 0.6) is 0 Å². The van der Waals surface area contributed by atoms with Crippen LogP contribution >= 0.6 is 0 Å². The molecule has 112 valence electrons. The van der Waals surface area contributed by atoms with Crippen LogP contribution in [-0.4, -0.2) is 11.9 Å². The van der Waals surface area contributed by atoms with E-state index in [0.717, 1.165) is 25.7 Å². The molecule has 1 unspecified atom stereocenters. The number of carbonyl (C=O) groups is 1. The highest BCUT2D eigenvalue weighted by atomic mass is 16.1. The second kappa shape index (κ2) is 7.23. The first-order valence-electron chi connectivity index (χ1n) is 7.64. The molecule has 0 saturated heterocycles. The summed E-state index contributed by atoms with van der Waals surface area (Å²) < 4.78 is 0. The molecule has 21 heavy (non-hydrogen) atoms. The van der Waals surface area contributed by atoms with E-state index in [-0.39, 0.29) is 5.92 Å². The molecule has 0 heterocycles. The summed E-state index contributed by atoms with van der Waals surface area (Å²) >= 11 is 0. The number of hydrogen-bond donors (Lipinski definition) is 2. The van der Waals surface area contributed by atoms with Gasteiger partial charge in [-0.25, -0.2) is 0 Å². The molecular formula is C18H24N2O. The molecule has 0 bridgehead atoms. The lowest BCUT2D eigenvalue weighted by atomic mass is 9.87. The van der Waals surface area contributed by atoms with E-state index in [2.05, 4.69) is 37.3 Å². The van der Waals surface area contributed by atoms with E-state index in [9.17, 15) is 4.79 Å². The molecule has 2 aromatic rings. The molecule has 0 aromatic heterocycles. The molecule has 0 aliphatic carbocycles. The van der Waals surface area contributed by atoms with Crippen molar-refractivity contribution in [2.75, 3.05) is 0 Å². The van der Waals surface area contributed by atoms with Gasteiger partial charge in [-0.3, -0.25) is 4.79 Å². The first kappa shape index (κ1) is 15.5. The number of amides is 1. The normalized spacial score (nSPS) is 14.0. The van der Waals surface area contributed by atoms with Gasteiger partial charge >= 0.3 is 0 Å². The van der Waals surface area contributed by atoms with Crippen molar-refractivity contribution in [3.8, 4) is 0 Å². The Morgan fingerprint density at radius 2 is 1.86 bits per heavy atom. The number of unbranched alkanes of at least 4 members (excludes halogenated alkanes) is 1. The van der Waals surface area contributed by atoms with Crippen molar-refractivity contribution in [2.45, 2.75) is 38.6 Å². The highest BCUT2D eigenvalue weighted by molar-refractivity contribution is 5.83. The number of carbonyl (C=O) groups excluding carboxylic acids is 1. The van der Waals surface area contributed by atoms with Crippen molar-refractivity contribution < 1.29 is 4.79 Å². The Kier molecular flexibility index (Phi) is 5.34. The van der Waals surface area contributed by atoms with Crippen LogP contribution in [0.3, 0.4) is 0 Å². The summed E-state index contributed by atoms with van der Waals surface area (Å²) in [5.41, 5.74) is 12.6. The van der Waals surface area contributed by atoms with E-state index >= 15 is 0 Å². The molecule has 3 nitrogen and oxygen atoms in total. The third-order valence-electron chi connectivity index (χ3n) is 4.08. The standard InChI is InChI=1S/C18H24N2O/c1-2-3-6-16(17(19)18(20)21)12-13-9-10-14-7-4-5-8-15(14)11-13/h4-5,7-11,16-17H,2-3,6,12,19H2,1H3,(H2,20,21)/t16-,17?/m0/s1. The van der Waals surface area contributed by atoms with E-state index < -0.39 is 11.9 Å². The fourth-order valence-corrected chi connectivity index (χ4v) is 2.78. The number of rotatable bonds is 7. The Labute approximate surface area is 126 Å². The molecule has 0 saturated carbocycles. The molecular weight excluding hydrogens is 260 g/mol. The number of benzene rings is 2. The zero-order chi connectivity index (χ0) is 15.2. The average molecular weight is 284 g/mol. The van der Waals surface area contributed by atoms with Gasteiger partial charge in [-0.15, -0.1) is 0 Å². The third kappa shape index (κ3) is 4.05. The van der Waals surface area contributed by atoms with Crippen LogP contribution in [0.15, 0.2) is 42.5 Å². The van der Waals surface area contributed by atoms with Gasteiger partial charge < -0.3 is 11.5 Å². The first-order chi connectivity index (χ1) is 10.1. The Balaban J connectivity index is 2.18. The van der Waals surface area contributed by atoms with Gasteiger partial charge in [0.2, 0.25) is 5.91 Å². The maximum atomic E-state index is 11.4. The fraction of sp³-hybridized carbons (Fsp3) is 0.389. The largest absolute Gasteiger partial charge is 0.368 e. The molecule has 0 radical (unpaired) electrons. The molecule has 2 atom stereocenters. The summed E-state index contributed by atoms with van der Waals surface area (Å²) in [5.74, 6) is -0.291. The maximum Gasteiger partial charge on any atom is 0.234 e. The first-order valence-corrected chi connectivity index (χ1v) is 7.64. The van der Waals surface area contributed by atoms with Crippen LogP contribution in [0.1, 0.15) is 31.7 Å². The number of nitrogens with two attached hydrogens (primary N) is 2. The number of primary amides is 1. The summed E-state index contributed by atoms with van der Waals surface area (Å²) in [6, 6.07) is 14.1. The second-order valence-corrected chi connectivity index (χ2v) is 5.72. The summed E-state index contributed by atoms with van der Waals surface area (Å²) in [4.78, 5) is 11.4. The number of hydrogen-bond acceptors (Lipinski definition) is 2. The highest BCUT2D eigenvalue weighted by Crippen LogP contribution is 2.22. The molecule has 4 N–H and O–H groups in total. The van der Waals surface area contributed by atoms with Crippen LogP contribution in [0, 0.1) is 5.92 Å². The van der Waals surface area contributed by atoms with E-state index in [4.69, 9.17) is 11.5 Å². The van der Waals surface area contributed by atoms with Crippen molar-refractivity contribution in [3.63, 3.8) is 0 Å². The van der Waals surface area contributed by atoms with Gasteiger partial charge in [0.1, 0.15) is 0 Å². The summed E-state index contributed by atoms with van der Waals surface area (Å²) in [7, 11) is 0. The van der Waals surface area contributed by atoms with Gasteiger partial charge in [-0.2, -0.15) is 0 Å². The van der Waals surface area contributed by atoms with Crippen LogP contribution in [0.4, 0.5) is 0 Å². The molecule has 2 aromatic carbocycles. The lowest BCUT2D eigenvalue weighted by molar-refractivity contribution is -0.120. The van der Waals surface area contributed by atoms with Crippen molar-refractivity contribution in [2.24, 2.45) is 17.4 Å². The summed E-state index contributed by atoms with van der Waals surface area (Å²) in [6.45, 7) is 2.14. The highest BCUT2D eigenvalue weighted by Gasteiger charge is 2.22. The van der Waals surface area contributed by atoms with Gasteiger partial charge in [-0.05, 0) is 35.1 Å². The van der Waals surface area contributed by atoms with Crippen LogP contribution in [0.2, 0.25) is 0 Å². The fourth-order valence-electron chi connectivity index (χ4n) is 2.78. The van der Waals surface area contributed by atoms with E-state index in [1.54, 1.807) is 0 Å². The molecule has 3 heteroatoms. The minimum absolute atomic E-state index is 0.114. The van der Waals surface area contributed by atoms with Crippen molar-refractivity contribution >= 4 is 16.7 Å². The van der Waals surface area contributed by atoms with Crippen LogP contribution < -0.4 is 11.5 Å². The van der Waals surface area contributed by atoms with Gasteiger partial charge in [0.15, 0.2) is 0 Å². The van der Waals surface area contributed by atoms with Crippen molar-refractivity contribution in [1.29, 1.82) is 0 Å². The molecule has 0 aliphatic heterocycles. The molecule has 0 aliphatic rings. The predicted molar refractivity (Wildman–Crippen MR) is 87.8 cm³/mol. The molecule has 1 amide bonds. The summed E-state index contributed by atoms with van der Waals surface area (Å²) in [5, 5.41) is 2.45. The van der Waals surface area contributed by atoms with Crippen LogP contribution in [0.25, 0.3) is 10.8 Å². The minimum Gasteiger partial charge on any atom is -0.368 e. The zero-order valence-corrected chi connectivity index (χ0v) is 12.6. The Morgan fingerprint density at radius 1 is 1.14 bits per heavy atom. The monoisotopic (exact) mass is 284 g/mol. The van der Waals surface area contributed by atoms with E-state index in [0.29, 0.717) is 0 Å². The summed E-state index contributed by atoms with van der Waals surface area (Å²) in [6.07, 6.45) is 3.90. The lowest BCUT2D eigenvalue weighted by Crippen LogP contribution is -2.43. The van der Waals surface area contributed by atoms with E-state index in [1.807, 2.05) is 12.1 Å². The van der Waals surface area contributed by atoms with E-state index in [1.165, 1.54) is 16.3 Å². The topological polar surface area (TPSA) is 69.1 Å². The smallest absolute Gasteiger partial charge is 0.234 e. The average Bonchev–Trinajstić information content (AvgIpc) is 2.50. The lowest BCUT2D eigenvalue weighted by Gasteiger charge is -2.21. The van der Waals surface area contributed by atoms with Crippen molar-refractivity contribution in [1.82, 2.24) is 0 Å². The van der Waals surface area contributed by atoms with Crippen molar-refractivity contribution in [3.05, 3.63) is 48.0 Å². The quantitative estimate of drug-likeness (QED) is 0.820. The Hall–Kier alpha value is -1.87. The third-order valence-corrected chi connectivity index (χ3v) is 4.08. The second-order valence-electron chi connectivity index (χ2n) is 5.72. The van der Waals surface area contributed by atoms with Gasteiger partial charge in [0.25, 0.3) is 0 Å². The van der Waals surface area contributed by atoms with Gasteiger partial charge in [0, 0.05) is 0 Å². The Morgan fingerprint density at radius 3 is 2.52 bits per heavy atom. The molecule has 0 spiro atoms.